The molecule has 2 atom stereocenters. The number of hydrogen-bond donors (Lipinski definition) is 2. The second-order valence-corrected chi connectivity index (χ2v) is 11.0. The first-order valence-corrected chi connectivity index (χ1v) is 13.2. The number of ether oxygens (including phenoxy) is 1. The van der Waals surface area contributed by atoms with Crippen LogP contribution in [-0.4, -0.2) is 40.5 Å². The lowest BCUT2D eigenvalue weighted by molar-refractivity contribution is -0.144. The van der Waals surface area contributed by atoms with E-state index in [4.69, 9.17) is 4.74 Å². The number of amides is 3. The highest BCUT2D eigenvalue weighted by Gasteiger charge is 2.44. The maximum Gasteiger partial charge on any atom is 0.408 e. The normalized spacial score (nSPS) is 15.0. The predicted octanol–water partition coefficient (Wildman–Crippen LogP) is 5.15. The Bertz CT molecular complexity index is 1060. The minimum Gasteiger partial charge on any atom is -0.444 e. The molecule has 0 aromatic heterocycles. The van der Waals surface area contributed by atoms with Gasteiger partial charge in [0.25, 0.3) is 0 Å². The number of carbonyl (C=O) groups is 3. The third kappa shape index (κ3) is 8.07. The highest BCUT2D eigenvalue weighted by Crippen LogP contribution is 2.36. The minimum absolute atomic E-state index is 0.0625. The zero-order valence-corrected chi connectivity index (χ0v) is 22.9. The van der Waals surface area contributed by atoms with Crippen molar-refractivity contribution in [1.29, 1.82) is 0 Å². The van der Waals surface area contributed by atoms with E-state index in [0.29, 0.717) is 6.54 Å². The third-order valence-electron chi connectivity index (χ3n) is 6.34. The third-order valence-corrected chi connectivity index (χ3v) is 6.34. The van der Waals surface area contributed by atoms with Gasteiger partial charge in [-0.25, -0.2) is 4.79 Å². The monoisotopic (exact) mass is 507 g/mol. The summed E-state index contributed by atoms with van der Waals surface area (Å²) in [4.78, 5) is 42.1. The molecule has 1 aliphatic rings. The molecule has 0 radical (unpaired) electrons. The molecule has 7 heteroatoms. The van der Waals surface area contributed by atoms with Gasteiger partial charge in [-0.2, -0.15) is 0 Å². The van der Waals surface area contributed by atoms with Gasteiger partial charge in [-0.05, 0) is 62.6 Å². The van der Waals surface area contributed by atoms with E-state index in [1.165, 1.54) is 0 Å². The van der Waals surface area contributed by atoms with Crippen LogP contribution in [0.3, 0.4) is 0 Å². The number of nitrogens with one attached hydrogen (secondary N) is 2. The summed E-state index contributed by atoms with van der Waals surface area (Å²) in [5, 5.41) is 5.81. The van der Waals surface area contributed by atoms with Gasteiger partial charge in [-0.15, -0.1) is 0 Å². The summed E-state index contributed by atoms with van der Waals surface area (Å²) in [5.41, 5.74) is 2.20. The smallest absolute Gasteiger partial charge is 0.408 e. The zero-order valence-electron chi connectivity index (χ0n) is 22.9. The number of rotatable bonds is 10. The van der Waals surface area contributed by atoms with Crippen LogP contribution >= 0.6 is 0 Å². The van der Waals surface area contributed by atoms with Crippen LogP contribution in [0.2, 0.25) is 0 Å². The summed E-state index contributed by atoms with van der Waals surface area (Å²) in [6.07, 6.45) is 1.87. The Morgan fingerprint density at radius 2 is 1.59 bits per heavy atom. The molecule has 7 nitrogen and oxygen atoms in total. The molecule has 1 fully saturated rings. The van der Waals surface area contributed by atoms with Crippen LogP contribution in [0.4, 0.5) is 4.79 Å². The van der Waals surface area contributed by atoms with Crippen LogP contribution in [0.1, 0.15) is 77.1 Å². The van der Waals surface area contributed by atoms with Crippen LogP contribution in [-0.2, 0) is 27.3 Å². The second-order valence-electron chi connectivity index (χ2n) is 11.0. The van der Waals surface area contributed by atoms with Gasteiger partial charge in [0.15, 0.2) is 0 Å². The molecule has 2 N–H and O–H groups in total. The number of hydrogen-bond acceptors (Lipinski definition) is 4. The lowest BCUT2D eigenvalue weighted by Crippen LogP contribution is -2.55. The van der Waals surface area contributed by atoms with Gasteiger partial charge in [0.2, 0.25) is 11.8 Å². The standard InChI is InChI=1S/C30H41N3O4/c1-7-21-13-15-23(16-14-21)26(27(34)31-19-22-11-9-8-10-12-22)33(24-17-18-24)28(35)25(20(2)3)32-29(36)37-30(4,5)6/h8-16,20,24-26H,7,17-19H2,1-6H3,(H,31,34)(H,32,36). The number of aryl methyl sites for hydroxylation is 1. The summed E-state index contributed by atoms with van der Waals surface area (Å²) in [6, 6.07) is 15.9. The Kier molecular flexibility index (Phi) is 9.35. The molecule has 3 rings (SSSR count). The van der Waals surface area contributed by atoms with Gasteiger partial charge in [0.05, 0.1) is 0 Å². The Balaban J connectivity index is 1.92. The number of benzene rings is 2. The predicted molar refractivity (Wildman–Crippen MR) is 145 cm³/mol. The van der Waals surface area contributed by atoms with Crippen molar-refractivity contribution >= 4 is 17.9 Å². The van der Waals surface area contributed by atoms with Gasteiger partial charge in [0.1, 0.15) is 17.7 Å². The van der Waals surface area contributed by atoms with Crippen LogP contribution < -0.4 is 10.6 Å². The average molecular weight is 508 g/mol. The molecule has 37 heavy (non-hydrogen) atoms. The van der Waals surface area contributed by atoms with Crippen molar-refractivity contribution in [2.45, 2.75) is 91.1 Å². The fraction of sp³-hybridized carbons (Fsp3) is 0.500. The largest absolute Gasteiger partial charge is 0.444 e. The van der Waals surface area contributed by atoms with Gasteiger partial charge in [-0.3, -0.25) is 9.59 Å². The molecule has 2 unspecified atom stereocenters. The number of carbonyl (C=O) groups excluding carboxylic acids is 3. The Morgan fingerprint density at radius 1 is 0.973 bits per heavy atom. The number of nitrogens with zero attached hydrogens (tertiary/aromatic N) is 1. The van der Waals surface area contributed by atoms with E-state index in [1.54, 1.807) is 25.7 Å². The molecular weight excluding hydrogens is 466 g/mol. The first-order valence-electron chi connectivity index (χ1n) is 13.2. The molecule has 2 aromatic rings. The van der Waals surface area contributed by atoms with Crippen LogP contribution in [0.5, 0.6) is 0 Å². The van der Waals surface area contributed by atoms with Crippen molar-refractivity contribution in [2.75, 3.05) is 0 Å². The zero-order chi connectivity index (χ0) is 27.2. The maximum absolute atomic E-state index is 14.1. The fourth-order valence-corrected chi connectivity index (χ4v) is 4.24. The van der Waals surface area contributed by atoms with E-state index in [2.05, 4.69) is 17.6 Å². The van der Waals surface area contributed by atoms with Gasteiger partial charge < -0.3 is 20.3 Å². The van der Waals surface area contributed by atoms with Crippen molar-refractivity contribution in [3.8, 4) is 0 Å². The van der Waals surface area contributed by atoms with Crippen molar-refractivity contribution in [1.82, 2.24) is 15.5 Å². The van der Waals surface area contributed by atoms with Gasteiger partial charge in [0, 0.05) is 12.6 Å². The Morgan fingerprint density at radius 3 is 2.11 bits per heavy atom. The lowest BCUT2D eigenvalue weighted by atomic mass is 9.97. The lowest BCUT2D eigenvalue weighted by Gasteiger charge is -2.36. The van der Waals surface area contributed by atoms with Gasteiger partial charge >= 0.3 is 6.09 Å². The van der Waals surface area contributed by atoms with Crippen molar-refractivity contribution in [2.24, 2.45) is 5.92 Å². The molecule has 0 aliphatic heterocycles. The average Bonchev–Trinajstić information content (AvgIpc) is 3.68. The quantitative estimate of drug-likeness (QED) is 0.466. The minimum atomic E-state index is -0.824. The van der Waals surface area contributed by atoms with Crippen LogP contribution in [0, 0.1) is 5.92 Å². The maximum atomic E-state index is 14.1. The van der Waals surface area contributed by atoms with Gasteiger partial charge in [-0.1, -0.05) is 75.4 Å². The SMILES string of the molecule is CCc1ccc(C(C(=O)NCc2ccccc2)N(C(=O)C(NC(=O)OC(C)(C)C)C(C)C)C2CC2)cc1. The van der Waals surface area contributed by atoms with E-state index in [1.807, 2.05) is 68.4 Å². The Labute approximate surface area is 221 Å². The molecule has 1 saturated carbocycles. The summed E-state index contributed by atoms with van der Waals surface area (Å²) in [6.45, 7) is 11.5. The van der Waals surface area contributed by atoms with Crippen LogP contribution in [0.25, 0.3) is 0 Å². The first kappa shape index (κ1) is 28.2. The molecule has 3 amide bonds. The second kappa shape index (κ2) is 12.3. The van der Waals surface area contributed by atoms with Crippen LogP contribution in [0.15, 0.2) is 54.6 Å². The molecular formula is C30H41N3O4. The van der Waals surface area contributed by atoms with Crippen molar-refractivity contribution < 1.29 is 19.1 Å². The molecule has 0 saturated heterocycles. The summed E-state index contributed by atoms with van der Waals surface area (Å²) in [7, 11) is 0. The highest BCUT2D eigenvalue weighted by atomic mass is 16.6. The highest BCUT2D eigenvalue weighted by molar-refractivity contribution is 5.92. The first-order chi connectivity index (χ1) is 17.5. The van der Waals surface area contributed by atoms with Crippen molar-refractivity contribution in [3.05, 3.63) is 71.3 Å². The molecule has 0 bridgehead atoms. The van der Waals surface area contributed by atoms with E-state index in [-0.39, 0.29) is 23.8 Å². The van der Waals surface area contributed by atoms with Crippen molar-refractivity contribution in [3.63, 3.8) is 0 Å². The fourth-order valence-electron chi connectivity index (χ4n) is 4.24. The van der Waals surface area contributed by atoms with E-state index in [0.717, 1.165) is 36.0 Å². The summed E-state index contributed by atoms with van der Waals surface area (Å²) < 4.78 is 5.43. The molecule has 0 spiro atoms. The molecule has 0 heterocycles. The van der Waals surface area contributed by atoms with E-state index >= 15 is 0 Å². The molecule has 2 aromatic carbocycles. The molecule has 200 valence electrons. The summed E-state index contributed by atoms with van der Waals surface area (Å²) >= 11 is 0. The van der Waals surface area contributed by atoms with E-state index < -0.39 is 23.8 Å². The summed E-state index contributed by atoms with van der Waals surface area (Å²) in [5.74, 6) is -0.715. The topological polar surface area (TPSA) is 87.7 Å². The number of alkyl carbamates (subject to hydrolysis) is 1. The van der Waals surface area contributed by atoms with E-state index in [9.17, 15) is 14.4 Å². The molecule has 1 aliphatic carbocycles. The Hall–Kier alpha value is -3.35.